The van der Waals surface area contributed by atoms with Crippen LogP contribution in [0.2, 0.25) is 0 Å². The van der Waals surface area contributed by atoms with Crippen molar-refractivity contribution in [1.82, 2.24) is 14.9 Å². The number of rotatable bonds is 7. The molecule has 7 nitrogen and oxygen atoms in total. The second-order valence-corrected chi connectivity index (χ2v) is 7.55. The molecule has 28 heavy (non-hydrogen) atoms. The number of hydrogen-bond acceptors (Lipinski definition) is 6. The molecule has 1 fully saturated rings. The van der Waals surface area contributed by atoms with E-state index in [0.717, 1.165) is 19.4 Å². The lowest BCUT2D eigenvalue weighted by atomic mass is 10.2. The van der Waals surface area contributed by atoms with E-state index >= 15 is 0 Å². The zero-order valence-corrected chi connectivity index (χ0v) is 16.1. The number of amides is 1. The number of fused-ring (bicyclic) bond motifs is 1. The van der Waals surface area contributed by atoms with E-state index in [1.54, 1.807) is 29.0 Å². The molecule has 0 radical (unpaired) electrons. The summed E-state index contributed by atoms with van der Waals surface area (Å²) in [6.45, 7) is 1.54. The van der Waals surface area contributed by atoms with Gasteiger partial charge in [0.25, 0.3) is 5.56 Å². The van der Waals surface area contributed by atoms with Gasteiger partial charge >= 0.3 is 0 Å². The number of carbonyl (C=O) groups is 1. The third-order valence-corrected chi connectivity index (χ3v) is 5.58. The first kappa shape index (κ1) is 18.8. The molecule has 1 aliphatic heterocycles. The second-order valence-electron chi connectivity index (χ2n) is 6.61. The quantitative estimate of drug-likeness (QED) is 0.485. The van der Waals surface area contributed by atoms with Crippen molar-refractivity contribution >= 4 is 28.6 Å². The highest BCUT2D eigenvalue weighted by Crippen LogP contribution is 2.19. The number of aromatic nitrogens is 2. The standard InChI is InChI=1S/C20H21N3O4S/c24-18(21-11-14-5-3-9-26-14)13-28-20-22-17-8-2-1-7-16(17)19(25)23(20)12-15-6-4-10-27-15/h1-2,4,6-8,10,14H,3,5,9,11-13H2,(H,21,24). The van der Waals surface area contributed by atoms with E-state index in [1.165, 1.54) is 11.8 Å². The Morgan fingerprint density at radius 3 is 2.96 bits per heavy atom. The molecule has 146 valence electrons. The molecule has 1 unspecified atom stereocenters. The minimum Gasteiger partial charge on any atom is -0.467 e. The van der Waals surface area contributed by atoms with E-state index in [9.17, 15) is 9.59 Å². The molecule has 1 atom stereocenters. The van der Waals surface area contributed by atoms with E-state index in [1.807, 2.05) is 18.2 Å². The minimum absolute atomic E-state index is 0.102. The van der Waals surface area contributed by atoms with Gasteiger partial charge in [-0.3, -0.25) is 14.2 Å². The average Bonchev–Trinajstić information content (AvgIpc) is 3.41. The topological polar surface area (TPSA) is 86.4 Å². The van der Waals surface area contributed by atoms with Gasteiger partial charge in [-0.15, -0.1) is 0 Å². The van der Waals surface area contributed by atoms with Gasteiger partial charge in [0.15, 0.2) is 5.16 Å². The fraction of sp³-hybridized carbons (Fsp3) is 0.350. The van der Waals surface area contributed by atoms with Crippen molar-refractivity contribution in [2.75, 3.05) is 18.9 Å². The fourth-order valence-corrected chi connectivity index (χ4v) is 4.00. The Labute approximate surface area is 166 Å². The van der Waals surface area contributed by atoms with Crippen LogP contribution in [0, 0.1) is 0 Å². The van der Waals surface area contributed by atoms with E-state index in [-0.39, 0.29) is 29.9 Å². The SMILES string of the molecule is O=C(CSc1nc2ccccc2c(=O)n1Cc1ccco1)NCC1CCCO1. The van der Waals surface area contributed by atoms with Crippen molar-refractivity contribution in [2.45, 2.75) is 30.6 Å². The summed E-state index contributed by atoms with van der Waals surface area (Å²) < 4.78 is 12.5. The molecule has 3 aromatic rings. The highest BCUT2D eigenvalue weighted by molar-refractivity contribution is 7.99. The molecule has 0 spiro atoms. The molecule has 0 bridgehead atoms. The van der Waals surface area contributed by atoms with Crippen LogP contribution in [-0.4, -0.2) is 40.5 Å². The summed E-state index contributed by atoms with van der Waals surface area (Å²) in [4.78, 5) is 29.8. The molecule has 1 aromatic carbocycles. The fourth-order valence-electron chi connectivity index (χ4n) is 3.17. The molecule has 1 saturated heterocycles. The van der Waals surface area contributed by atoms with Crippen LogP contribution in [0.25, 0.3) is 10.9 Å². The van der Waals surface area contributed by atoms with Crippen LogP contribution in [0.4, 0.5) is 0 Å². The van der Waals surface area contributed by atoms with Crippen LogP contribution in [0.15, 0.2) is 57.0 Å². The second kappa shape index (κ2) is 8.62. The van der Waals surface area contributed by atoms with Gasteiger partial charge in [0.1, 0.15) is 5.76 Å². The van der Waals surface area contributed by atoms with E-state index in [0.29, 0.717) is 28.4 Å². The number of benzene rings is 1. The number of furan rings is 1. The molecule has 2 aromatic heterocycles. The van der Waals surface area contributed by atoms with Crippen molar-refractivity contribution in [2.24, 2.45) is 0 Å². The van der Waals surface area contributed by atoms with Crippen molar-refractivity contribution < 1.29 is 13.9 Å². The molecular weight excluding hydrogens is 378 g/mol. The van der Waals surface area contributed by atoms with Crippen LogP contribution < -0.4 is 10.9 Å². The van der Waals surface area contributed by atoms with Crippen LogP contribution in [0.5, 0.6) is 0 Å². The van der Waals surface area contributed by atoms with E-state index in [4.69, 9.17) is 9.15 Å². The summed E-state index contributed by atoms with van der Waals surface area (Å²) in [6, 6.07) is 10.8. The molecule has 3 heterocycles. The van der Waals surface area contributed by atoms with Gasteiger partial charge in [0, 0.05) is 13.2 Å². The number of nitrogens with zero attached hydrogens (tertiary/aromatic N) is 2. The summed E-state index contributed by atoms with van der Waals surface area (Å²) in [5.41, 5.74) is 0.467. The first-order valence-corrected chi connectivity index (χ1v) is 10.2. The zero-order valence-electron chi connectivity index (χ0n) is 15.3. The maximum atomic E-state index is 13.0. The summed E-state index contributed by atoms with van der Waals surface area (Å²) in [7, 11) is 0. The Kier molecular flexibility index (Phi) is 5.78. The summed E-state index contributed by atoms with van der Waals surface area (Å²) >= 11 is 1.25. The Bertz CT molecular complexity index is 1010. The van der Waals surface area contributed by atoms with Crippen molar-refractivity contribution in [3.63, 3.8) is 0 Å². The predicted octanol–water partition coefficient (Wildman–Crippen LogP) is 2.43. The van der Waals surface area contributed by atoms with Gasteiger partial charge in [-0.1, -0.05) is 23.9 Å². The van der Waals surface area contributed by atoms with Crippen molar-refractivity contribution in [3.8, 4) is 0 Å². The van der Waals surface area contributed by atoms with Crippen molar-refractivity contribution in [3.05, 3.63) is 58.8 Å². The molecule has 1 amide bonds. The van der Waals surface area contributed by atoms with Crippen LogP contribution in [0.1, 0.15) is 18.6 Å². The molecule has 1 N–H and O–H groups in total. The van der Waals surface area contributed by atoms with Crippen LogP contribution >= 0.6 is 11.8 Å². The lowest BCUT2D eigenvalue weighted by Crippen LogP contribution is -2.33. The average molecular weight is 399 g/mol. The zero-order chi connectivity index (χ0) is 19.3. The summed E-state index contributed by atoms with van der Waals surface area (Å²) in [5, 5.41) is 3.93. The highest BCUT2D eigenvalue weighted by Gasteiger charge is 2.17. The van der Waals surface area contributed by atoms with Gasteiger partial charge in [-0.2, -0.15) is 0 Å². The molecule has 0 saturated carbocycles. The highest BCUT2D eigenvalue weighted by atomic mass is 32.2. The number of ether oxygens (including phenoxy) is 1. The number of nitrogens with one attached hydrogen (secondary N) is 1. The van der Waals surface area contributed by atoms with Gasteiger partial charge in [0.05, 0.1) is 35.6 Å². The minimum atomic E-state index is -0.149. The normalized spacial score (nSPS) is 16.5. The lowest BCUT2D eigenvalue weighted by molar-refractivity contribution is -0.119. The molecule has 4 rings (SSSR count). The Hall–Kier alpha value is -2.58. The smallest absolute Gasteiger partial charge is 0.262 e. The maximum Gasteiger partial charge on any atom is 0.262 e. The Morgan fingerprint density at radius 1 is 1.29 bits per heavy atom. The molecule has 0 aliphatic carbocycles. The number of carbonyl (C=O) groups excluding carboxylic acids is 1. The van der Waals surface area contributed by atoms with Gasteiger partial charge in [0.2, 0.25) is 5.91 Å². The van der Waals surface area contributed by atoms with Gasteiger partial charge < -0.3 is 14.5 Å². The predicted molar refractivity (Wildman–Crippen MR) is 107 cm³/mol. The first-order chi connectivity index (χ1) is 13.7. The van der Waals surface area contributed by atoms with Crippen molar-refractivity contribution in [1.29, 1.82) is 0 Å². The number of para-hydroxylation sites is 1. The van der Waals surface area contributed by atoms with Gasteiger partial charge in [-0.25, -0.2) is 4.98 Å². The van der Waals surface area contributed by atoms with Crippen LogP contribution in [-0.2, 0) is 16.1 Å². The largest absolute Gasteiger partial charge is 0.467 e. The summed E-state index contributed by atoms with van der Waals surface area (Å²) in [5.74, 6) is 0.728. The van der Waals surface area contributed by atoms with Gasteiger partial charge in [-0.05, 0) is 37.1 Å². The van der Waals surface area contributed by atoms with Crippen LogP contribution in [0.3, 0.4) is 0 Å². The lowest BCUT2D eigenvalue weighted by Gasteiger charge is -2.13. The monoisotopic (exact) mass is 399 g/mol. The Morgan fingerprint density at radius 2 is 2.18 bits per heavy atom. The molecule has 1 aliphatic rings. The first-order valence-electron chi connectivity index (χ1n) is 9.24. The Balaban J connectivity index is 1.52. The van der Waals surface area contributed by atoms with E-state index < -0.39 is 0 Å². The number of hydrogen-bond donors (Lipinski definition) is 1. The molecular formula is C20H21N3O4S. The number of thioether (sulfide) groups is 1. The van der Waals surface area contributed by atoms with E-state index in [2.05, 4.69) is 10.3 Å². The third kappa shape index (κ3) is 4.28. The summed E-state index contributed by atoms with van der Waals surface area (Å²) in [6.07, 6.45) is 3.68. The third-order valence-electron chi connectivity index (χ3n) is 4.60. The maximum absolute atomic E-state index is 13.0. The molecule has 8 heteroatoms.